The van der Waals surface area contributed by atoms with Crippen molar-refractivity contribution in [1.82, 2.24) is 4.98 Å². The summed E-state index contributed by atoms with van der Waals surface area (Å²) in [5.74, 6) is -0.396. The summed E-state index contributed by atoms with van der Waals surface area (Å²) in [4.78, 5) is 3.99. The van der Waals surface area contributed by atoms with Crippen molar-refractivity contribution in [3.63, 3.8) is 0 Å². The van der Waals surface area contributed by atoms with Gasteiger partial charge in [0.2, 0.25) is 0 Å². The van der Waals surface area contributed by atoms with Crippen molar-refractivity contribution in [3.8, 4) is 6.07 Å². The van der Waals surface area contributed by atoms with Crippen molar-refractivity contribution in [3.05, 3.63) is 14.1 Å². The lowest BCUT2D eigenvalue weighted by Gasteiger charge is -2.07. The summed E-state index contributed by atoms with van der Waals surface area (Å²) >= 11 is 3.55. The molecule has 0 saturated heterocycles. The highest BCUT2D eigenvalue weighted by molar-refractivity contribution is 14.1. The van der Waals surface area contributed by atoms with Crippen LogP contribution >= 0.6 is 33.9 Å². The zero-order chi connectivity index (χ0) is 9.14. The topological polar surface area (TPSA) is 56.9 Å². The molecule has 0 radical (unpaired) electrons. The summed E-state index contributed by atoms with van der Waals surface area (Å²) < 4.78 is 1.02. The highest BCUT2D eigenvalue weighted by Crippen LogP contribution is 2.26. The molecule has 0 aliphatic carbocycles. The van der Waals surface area contributed by atoms with Crippen LogP contribution in [-0.2, 0) is 0 Å². The van der Waals surface area contributed by atoms with Crippen molar-refractivity contribution in [2.24, 2.45) is 5.92 Å². The van der Waals surface area contributed by atoms with Crippen molar-refractivity contribution >= 4 is 33.9 Å². The second kappa shape index (κ2) is 4.16. The Bertz CT molecular complexity index is 307. The zero-order valence-electron chi connectivity index (χ0n) is 6.36. The highest BCUT2D eigenvalue weighted by atomic mass is 127. The molecule has 0 spiro atoms. The molecule has 3 nitrogen and oxygen atoms in total. The number of thiazole rings is 1. The first-order valence-electron chi connectivity index (χ1n) is 3.34. The van der Waals surface area contributed by atoms with Crippen LogP contribution in [-0.4, -0.2) is 10.1 Å². The van der Waals surface area contributed by atoms with Crippen LogP contribution in [0.2, 0.25) is 0 Å². The molecule has 0 fully saturated rings. The highest BCUT2D eigenvalue weighted by Gasteiger charge is 2.18. The van der Waals surface area contributed by atoms with E-state index in [-0.39, 0.29) is 0 Å². The van der Waals surface area contributed by atoms with Gasteiger partial charge in [0.1, 0.15) is 11.1 Å². The summed E-state index contributed by atoms with van der Waals surface area (Å²) in [5, 5.41) is 18.7. The molecule has 2 atom stereocenters. The van der Waals surface area contributed by atoms with Gasteiger partial charge in [0.15, 0.2) is 0 Å². The molecule has 0 aliphatic rings. The second-order valence-corrected chi connectivity index (χ2v) is 5.32. The van der Waals surface area contributed by atoms with Crippen LogP contribution in [0.4, 0.5) is 0 Å². The fraction of sp³-hybridized carbons (Fsp3) is 0.429. The Morgan fingerprint density at radius 3 is 2.92 bits per heavy atom. The number of aliphatic hydroxyl groups is 1. The van der Waals surface area contributed by atoms with Gasteiger partial charge in [0.25, 0.3) is 0 Å². The maximum atomic E-state index is 9.52. The molecule has 5 heteroatoms. The second-order valence-electron chi connectivity index (χ2n) is 2.37. The maximum Gasteiger partial charge on any atom is 0.124 e. The van der Waals surface area contributed by atoms with Crippen LogP contribution in [0.15, 0.2) is 6.20 Å². The lowest BCUT2D eigenvalue weighted by Crippen LogP contribution is -2.06. The molecule has 1 N–H and O–H groups in total. The van der Waals surface area contributed by atoms with Gasteiger partial charge in [-0.2, -0.15) is 5.26 Å². The van der Waals surface area contributed by atoms with Crippen LogP contribution in [0.3, 0.4) is 0 Å². The largest absolute Gasteiger partial charge is 0.385 e. The Balaban J connectivity index is 2.79. The van der Waals surface area contributed by atoms with E-state index in [1.54, 1.807) is 13.1 Å². The average molecular weight is 294 g/mol. The number of halogens is 1. The molecule has 0 aliphatic heterocycles. The number of aromatic nitrogens is 1. The van der Waals surface area contributed by atoms with Gasteiger partial charge in [-0.25, -0.2) is 4.98 Å². The van der Waals surface area contributed by atoms with Gasteiger partial charge in [-0.1, -0.05) is 0 Å². The number of hydrogen-bond donors (Lipinski definition) is 1. The number of rotatable bonds is 2. The van der Waals surface area contributed by atoms with Crippen LogP contribution in [0.25, 0.3) is 0 Å². The molecule has 1 aromatic rings. The van der Waals surface area contributed by atoms with Crippen molar-refractivity contribution in [1.29, 1.82) is 5.26 Å². The number of nitrogens with zero attached hydrogens (tertiary/aromatic N) is 2. The van der Waals surface area contributed by atoms with E-state index in [1.165, 1.54) is 11.3 Å². The van der Waals surface area contributed by atoms with E-state index in [0.29, 0.717) is 5.01 Å². The Labute approximate surface area is 88.2 Å². The van der Waals surface area contributed by atoms with E-state index < -0.39 is 12.0 Å². The van der Waals surface area contributed by atoms with E-state index in [0.717, 1.165) is 2.88 Å². The van der Waals surface area contributed by atoms with Crippen LogP contribution in [0.5, 0.6) is 0 Å². The molecule has 0 aromatic carbocycles. The van der Waals surface area contributed by atoms with Gasteiger partial charge in [-0.3, -0.25) is 0 Å². The predicted molar refractivity (Wildman–Crippen MR) is 54.6 cm³/mol. The minimum Gasteiger partial charge on any atom is -0.385 e. The Morgan fingerprint density at radius 1 is 1.83 bits per heavy atom. The molecule has 12 heavy (non-hydrogen) atoms. The molecular weight excluding hydrogens is 287 g/mol. The third kappa shape index (κ3) is 2.15. The van der Waals surface area contributed by atoms with Gasteiger partial charge in [-0.05, 0) is 29.5 Å². The lowest BCUT2D eigenvalue weighted by atomic mass is 10.1. The van der Waals surface area contributed by atoms with E-state index in [4.69, 9.17) is 5.26 Å². The average Bonchev–Trinajstić information content (AvgIpc) is 2.49. The molecule has 1 aromatic heterocycles. The monoisotopic (exact) mass is 294 g/mol. The first kappa shape index (κ1) is 9.89. The number of nitriles is 1. The smallest absolute Gasteiger partial charge is 0.124 e. The third-order valence-electron chi connectivity index (χ3n) is 1.43. The minimum absolute atomic E-state index is 0.396. The van der Waals surface area contributed by atoms with E-state index in [2.05, 4.69) is 27.6 Å². The Morgan fingerprint density at radius 2 is 2.50 bits per heavy atom. The van der Waals surface area contributed by atoms with Gasteiger partial charge in [0.05, 0.1) is 21.1 Å². The molecule has 1 rings (SSSR count). The molecule has 0 saturated carbocycles. The summed E-state index contributed by atoms with van der Waals surface area (Å²) in [6.07, 6.45) is 0.942. The fourth-order valence-corrected chi connectivity index (χ4v) is 2.24. The molecule has 0 bridgehead atoms. The summed E-state index contributed by atoms with van der Waals surface area (Å²) in [5.41, 5.74) is 0. The summed E-state index contributed by atoms with van der Waals surface area (Å²) in [6.45, 7) is 1.68. The summed E-state index contributed by atoms with van der Waals surface area (Å²) in [6, 6.07) is 1.99. The van der Waals surface area contributed by atoms with Crippen LogP contribution in [0, 0.1) is 20.1 Å². The minimum atomic E-state index is -0.747. The van der Waals surface area contributed by atoms with Gasteiger partial charge >= 0.3 is 0 Å². The van der Waals surface area contributed by atoms with Crippen molar-refractivity contribution < 1.29 is 5.11 Å². The lowest BCUT2D eigenvalue weighted by molar-refractivity contribution is 0.142. The quantitative estimate of drug-likeness (QED) is 0.848. The van der Waals surface area contributed by atoms with E-state index in [9.17, 15) is 5.11 Å². The first-order valence-corrected chi connectivity index (χ1v) is 5.23. The molecule has 1 heterocycles. The van der Waals surface area contributed by atoms with Crippen LogP contribution < -0.4 is 0 Å². The first-order chi connectivity index (χ1) is 5.65. The predicted octanol–water partition coefficient (Wildman–Crippen LogP) is 1.94. The van der Waals surface area contributed by atoms with E-state index in [1.807, 2.05) is 6.07 Å². The fourth-order valence-electron chi connectivity index (χ4n) is 0.688. The molecule has 2 unspecified atom stereocenters. The molecular formula is C7H7IN2OS. The van der Waals surface area contributed by atoms with E-state index >= 15 is 0 Å². The molecule has 64 valence electrons. The Hall–Kier alpha value is -0.190. The normalized spacial score (nSPS) is 15.2. The zero-order valence-corrected chi connectivity index (χ0v) is 9.33. The van der Waals surface area contributed by atoms with Gasteiger partial charge in [0, 0.05) is 0 Å². The van der Waals surface area contributed by atoms with Crippen molar-refractivity contribution in [2.45, 2.75) is 13.0 Å². The molecule has 0 amide bonds. The van der Waals surface area contributed by atoms with Gasteiger partial charge < -0.3 is 5.11 Å². The van der Waals surface area contributed by atoms with Gasteiger partial charge in [-0.15, -0.1) is 11.3 Å². The number of aliphatic hydroxyl groups excluding tert-OH is 1. The summed E-state index contributed by atoms with van der Waals surface area (Å²) in [7, 11) is 0. The third-order valence-corrected chi connectivity index (χ3v) is 3.22. The van der Waals surface area contributed by atoms with Crippen molar-refractivity contribution in [2.75, 3.05) is 0 Å². The SMILES string of the molecule is CC(C#N)C(O)c1ncc(I)s1. The Kier molecular flexibility index (Phi) is 3.43. The van der Waals surface area contributed by atoms with Crippen LogP contribution in [0.1, 0.15) is 18.0 Å². The number of hydrogen-bond acceptors (Lipinski definition) is 4. The maximum absolute atomic E-state index is 9.52. The standard InChI is InChI=1S/C7H7IN2OS/c1-4(2-9)6(11)7-10-3-5(8)12-7/h3-4,6,11H,1H3.